The van der Waals surface area contributed by atoms with Gasteiger partial charge >= 0.3 is 11.9 Å². The molecule has 0 atom stereocenters. The number of furan rings is 1. The average Bonchev–Trinajstić information content (AvgIpc) is 3.43. The number of benzene rings is 1. The van der Waals surface area contributed by atoms with E-state index in [1.807, 2.05) is 12.1 Å². The van der Waals surface area contributed by atoms with Gasteiger partial charge in [0.15, 0.2) is 5.76 Å². The van der Waals surface area contributed by atoms with E-state index in [2.05, 4.69) is 34.5 Å². The molecule has 4 N–H and O–H groups in total. The van der Waals surface area contributed by atoms with E-state index in [-0.39, 0.29) is 5.91 Å². The highest BCUT2D eigenvalue weighted by Gasteiger charge is 2.21. The number of fused-ring (bicyclic) bond motifs is 1. The maximum atomic E-state index is 12.2. The van der Waals surface area contributed by atoms with Crippen molar-refractivity contribution in [1.29, 1.82) is 0 Å². The third-order valence-electron chi connectivity index (χ3n) is 5.24. The van der Waals surface area contributed by atoms with Gasteiger partial charge in [-0.1, -0.05) is 0 Å². The Morgan fingerprint density at radius 1 is 1.12 bits per heavy atom. The number of hydrogen-bond acceptors (Lipinski definition) is 5. The van der Waals surface area contributed by atoms with Gasteiger partial charge < -0.3 is 29.8 Å². The van der Waals surface area contributed by atoms with Gasteiger partial charge in [0.05, 0.1) is 6.26 Å². The van der Waals surface area contributed by atoms with Gasteiger partial charge in [0, 0.05) is 34.9 Å². The normalized spacial score (nSPS) is 14.8. The second-order valence-corrected chi connectivity index (χ2v) is 7.52. The fraction of sp³-hybridized carbons (Fsp3) is 0.261. The van der Waals surface area contributed by atoms with Crippen LogP contribution in [0.3, 0.4) is 0 Å². The summed E-state index contributed by atoms with van der Waals surface area (Å²) in [5, 5.41) is 19.7. The second kappa shape index (κ2) is 10.5. The maximum Gasteiger partial charge on any atom is 0.328 e. The summed E-state index contributed by atoms with van der Waals surface area (Å²) in [7, 11) is 2.17. The van der Waals surface area contributed by atoms with Gasteiger partial charge in [-0.2, -0.15) is 0 Å². The zero-order valence-corrected chi connectivity index (χ0v) is 17.6. The maximum absolute atomic E-state index is 12.2. The van der Waals surface area contributed by atoms with E-state index < -0.39 is 11.9 Å². The molecule has 0 unspecified atom stereocenters. The van der Waals surface area contributed by atoms with Crippen molar-refractivity contribution in [2.75, 3.05) is 25.5 Å². The van der Waals surface area contributed by atoms with Crippen LogP contribution >= 0.6 is 0 Å². The highest BCUT2D eigenvalue weighted by atomic mass is 16.4. The number of amides is 1. The number of aromatic amines is 1. The Labute approximate surface area is 184 Å². The van der Waals surface area contributed by atoms with Crippen molar-refractivity contribution in [2.45, 2.75) is 18.8 Å². The van der Waals surface area contributed by atoms with Crippen molar-refractivity contribution in [3.63, 3.8) is 0 Å². The van der Waals surface area contributed by atoms with Gasteiger partial charge in [-0.05, 0) is 74.8 Å². The van der Waals surface area contributed by atoms with Crippen LogP contribution < -0.4 is 5.32 Å². The molecule has 9 heteroatoms. The Bertz CT molecular complexity index is 1090. The summed E-state index contributed by atoms with van der Waals surface area (Å²) in [4.78, 5) is 37.0. The summed E-state index contributed by atoms with van der Waals surface area (Å²) in [6.07, 6.45) is 7.09. The van der Waals surface area contributed by atoms with Crippen molar-refractivity contribution in [2.24, 2.45) is 0 Å². The summed E-state index contributed by atoms with van der Waals surface area (Å²) in [6, 6.07) is 9.36. The van der Waals surface area contributed by atoms with Crippen molar-refractivity contribution in [3.05, 3.63) is 66.3 Å². The molecule has 0 spiro atoms. The number of rotatable bonds is 5. The molecular weight excluding hydrogens is 414 g/mol. The Morgan fingerprint density at radius 3 is 2.41 bits per heavy atom. The molecule has 3 heterocycles. The number of nitrogens with zero attached hydrogens (tertiary/aromatic N) is 1. The van der Waals surface area contributed by atoms with Crippen LogP contribution in [-0.4, -0.2) is 58.1 Å². The van der Waals surface area contributed by atoms with Crippen molar-refractivity contribution >= 4 is 34.4 Å². The van der Waals surface area contributed by atoms with Crippen LogP contribution in [0.4, 0.5) is 5.69 Å². The van der Waals surface area contributed by atoms with Gasteiger partial charge in [0.2, 0.25) is 0 Å². The largest absolute Gasteiger partial charge is 0.478 e. The predicted octanol–water partition coefficient (Wildman–Crippen LogP) is 3.53. The van der Waals surface area contributed by atoms with Crippen LogP contribution in [0.15, 0.2) is 59.4 Å². The third-order valence-corrected chi connectivity index (χ3v) is 5.24. The zero-order valence-electron chi connectivity index (χ0n) is 17.6. The fourth-order valence-corrected chi connectivity index (χ4v) is 3.62. The van der Waals surface area contributed by atoms with E-state index in [9.17, 15) is 14.4 Å². The lowest BCUT2D eigenvalue weighted by Crippen LogP contribution is -2.29. The molecular formula is C23H25N3O6. The summed E-state index contributed by atoms with van der Waals surface area (Å²) in [5.41, 5.74) is 3.25. The topological polar surface area (TPSA) is 136 Å². The fourth-order valence-electron chi connectivity index (χ4n) is 3.62. The van der Waals surface area contributed by atoms with Gasteiger partial charge in [-0.25, -0.2) is 9.59 Å². The molecule has 1 fully saturated rings. The third kappa shape index (κ3) is 6.08. The summed E-state index contributed by atoms with van der Waals surface area (Å²) in [6.45, 7) is 2.26. The van der Waals surface area contributed by atoms with E-state index >= 15 is 0 Å². The molecule has 2 aromatic heterocycles. The highest BCUT2D eigenvalue weighted by molar-refractivity contribution is 6.03. The molecule has 1 amide bonds. The molecule has 0 saturated carbocycles. The molecule has 1 saturated heterocycles. The SMILES string of the molecule is CN1CCC(c2c[nH]c3ccc(NC(=O)c4ccco4)cc23)CC1.O=C(O)C=CC(=O)O. The number of likely N-dealkylation sites (tertiary alicyclic amines) is 1. The number of carbonyl (C=O) groups excluding carboxylic acids is 1. The van der Waals surface area contributed by atoms with E-state index in [0.717, 1.165) is 24.3 Å². The Hall–Kier alpha value is -3.85. The first-order valence-electron chi connectivity index (χ1n) is 10.1. The second-order valence-electron chi connectivity index (χ2n) is 7.52. The first kappa shape index (κ1) is 22.8. The van der Waals surface area contributed by atoms with Gasteiger partial charge in [-0.15, -0.1) is 0 Å². The molecule has 32 heavy (non-hydrogen) atoms. The first-order chi connectivity index (χ1) is 15.3. The number of carbonyl (C=O) groups is 3. The minimum atomic E-state index is -1.26. The van der Waals surface area contributed by atoms with Crippen LogP contribution in [0, 0.1) is 0 Å². The molecule has 1 aromatic carbocycles. The van der Waals surface area contributed by atoms with Crippen molar-refractivity contribution in [3.8, 4) is 0 Å². The lowest BCUT2D eigenvalue weighted by molar-refractivity contribution is -0.134. The number of aromatic nitrogens is 1. The standard InChI is InChI=1S/C19H21N3O2.C4H4O4/c1-22-8-6-13(7-9-22)16-12-20-17-5-4-14(11-15(16)17)21-19(23)18-3-2-10-24-18;5-3(6)1-2-4(7)8/h2-5,10-13,20H,6-9H2,1H3,(H,21,23);1-2H,(H,5,6)(H,7,8). The Morgan fingerprint density at radius 2 is 1.81 bits per heavy atom. The van der Waals surface area contributed by atoms with Gasteiger partial charge in [0.25, 0.3) is 5.91 Å². The lowest BCUT2D eigenvalue weighted by Gasteiger charge is -2.28. The number of aliphatic carboxylic acids is 2. The monoisotopic (exact) mass is 439 g/mol. The Kier molecular flexibility index (Phi) is 7.45. The van der Waals surface area contributed by atoms with E-state index in [1.54, 1.807) is 12.1 Å². The van der Waals surface area contributed by atoms with Crippen LogP contribution in [0.25, 0.3) is 10.9 Å². The van der Waals surface area contributed by atoms with Crippen LogP contribution in [0.1, 0.15) is 34.9 Å². The van der Waals surface area contributed by atoms with Crippen LogP contribution in [0.2, 0.25) is 0 Å². The predicted molar refractivity (Wildman–Crippen MR) is 119 cm³/mol. The van der Waals surface area contributed by atoms with Crippen LogP contribution in [0.5, 0.6) is 0 Å². The molecule has 9 nitrogen and oxygen atoms in total. The zero-order chi connectivity index (χ0) is 23.1. The van der Waals surface area contributed by atoms with E-state index in [4.69, 9.17) is 14.6 Å². The number of anilines is 1. The number of H-pyrrole nitrogens is 1. The first-order valence-corrected chi connectivity index (χ1v) is 10.1. The number of carboxylic acids is 2. The molecule has 4 rings (SSSR count). The molecule has 0 bridgehead atoms. The number of nitrogens with one attached hydrogen (secondary N) is 2. The van der Waals surface area contributed by atoms with Gasteiger partial charge in [-0.3, -0.25) is 4.79 Å². The summed E-state index contributed by atoms with van der Waals surface area (Å²) < 4.78 is 5.15. The van der Waals surface area contributed by atoms with E-state index in [1.165, 1.54) is 30.1 Å². The molecule has 0 aliphatic carbocycles. The molecule has 3 aromatic rings. The number of hydrogen-bond donors (Lipinski definition) is 4. The Balaban J connectivity index is 0.000000312. The smallest absolute Gasteiger partial charge is 0.328 e. The molecule has 1 aliphatic rings. The quantitative estimate of drug-likeness (QED) is 0.447. The highest BCUT2D eigenvalue weighted by Crippen LogP contribution is 2.34. The molecule has 168 valence electrons. The summed E-state index contributed by atoms with van der Waals surface area (Å²) >= 11 is 0. The van der Waals surface area contributed by atoms with Crippen molar-refractivity contribution < 1.29 is 29.0 Å². The minimum absolute atomic E-state index is 0.226. The van der Waals surface area contributed by atoms with Crippen molar-refractivity contribution in [1.82, 2.24) is 9.88 Å². The van der Waals surface area contributed by atoms with Gasteiger partial charge in [0.1, 0.15) is 0 Å². The molecule has 1 aliphatic heterocycles. The van der Waals surface area contributed by atoms with Crippen LogP contribution in [-0.2, 0) is 9.59 Å². The lowest BCUT2D eigenvalue weighted by atomic mass is 9.89. The summed E-state index contributed by atoms with van der Waals surface area (Å²) in [5.74, 6) is -1.85. The van der Waals surface area contributed by atoms with E-state index in [0.29, 0.717) is 23.8 Å². The number of piperidine rings is 1. The number of carboxylic acid groups (broad SMARTS) is 2. The molecule has 0 radical (unpaired) electrons. The average molecular weight is 439 g/mol. The minimum Gasteiger partial charge on any atom is -0.478 e.